The number of anilines is 1. The normalized spacial score (nSPS) is 18.8. The summed E-state index contributed by atoms with van der Waals surface area (Å²) in [6, 6.07) is 9.92. The van der Waals surface area contributed by atoms with Gasteiger partial charge >= 0.3 is 5.97 Å². The van der Waals surface area contributed by atoms with Gasteiger partial charge in [0, 0.05) is 37.8 Å². The molecule has 1 fully saturated rings. The van der Waals surface area contributed by atoms with Crippen molar-refractivity contribution in [1.29, 1.82) is 0 Å². The van der Waals surface area contributed by atoms with Gasteiger partial charge < -0.3 is 15.4 Å². The number of ether oxygens (including phenoxy) is 1. The van der Waals surface area contributed by atoms with E-state index in [-0.39, 0.29) is 12.0 Å². The summed E-state index contributed by atoms with van der Waals surface area (Å²) in [5.41, 5.74) is 5.62. The number of hydrogen-bond acceptors (Lipinski definition) is 6. The minimum absolute atomic E-state index is 0.197. The van der Waals surface area contributed by atoms with Gasteiger partial charge in [-0.25, -0.2) is 4.98 Å². The van der Waals surface area contributed by atoms with E-state index in [1.807, 2.05) is 24.4 Å². The van der Waals surface area contributed by atoms with E-state index >= 15 is 0 Å². The van der Waals surface area contributed by atoms with Crippen molar-refractivity contribution in [3.8, 4) is 0 Å². The van der Waals surface area contributed by atoms with Gasteiger partial charge in [-0.3, -0.25) is 9.69 Å². The fraction of sp³-hybridized carbons (Fsp3) is 0.444. The molecule has 0 amide bonds. The van der Waals surface area contributed by atoms with Gasteiger partial charge in [0.2, 0.25) is 0 Å². The number of pyridine rings is 1. The molecule has 1 aromatic carbocycles. The van der Waals surface area contributed by atoms with E-state index in [0.29, 0.717) is 13.1 Å². The molecule has 1 aliphatic rings. The summed E-state index contributed by atoms with van der Waals surface area (Å²) < 4.78 is 5.01. The average Bonchev–Trinajstić information content (AvgIpc) is 2.65. The minimum atomic E-state index is -0.281. The first-order valence-corrected chi connectivity index (χ1v) is 8.35. The molecular weight excluding hydrogens is 304 g/mol. The molecule has 2 N–H and O–H groups in total. The third kappa shape index (κ3) is 3.34. The minimum Gasteiger partial charge on any atom is -0.468 e. The number of methoxy groups -OCH3 is 1. The summed E-state index contributed by atoms with van der Waals surface area (Å²) >= 11 is 0. The summed E-state index contributed by atoms with van der Waals surface area (Å²) in [5.74, 6) is 0.734. The Kier molecular flexibility index (Phi) is 5.27. The standard InChI is InChI=1S/C18H24N4O2/c1-24-18(23)16-13-22(12-11-21(16)10-4-8-19)17-15-6-3-2-5-14(15)7-9-20-17/h2-3,5-7,9,16H,4,8,10-13,19H2,1H3. The molecular formula is C18H24N4O2. The number of aromatic nitrogens is 1. The van der Waals surface area contributed by atoms with Crippen LogP contribution in [0.4, 0.5) is 5.82 Å². The van der Waals surface area contributed by atoms with Gasteiger partial charge in [0.05, 0.1) is 7.11 Å². The van der Waals surface area contributed by atoms with Gasteiger partial charge in [-0.15, -0.1) is 0 Å². The smallest absolute Gasteiger partial charge is 0.324 e. The Hall–Kier alpha value is -2.18. The Morgan fingerprint density at radius 3 is 2.96 bits per heavy atom. The SMILES string of the molecule is COC(=O)C1CN(c2nccc3ccccc23)CCN1CCCN. The Morgan fingerprint density at radius 2 is 2.17 bits per heavy atom. The zero-order valence-electron chi connectivity index (χ0n) is 14.0. The third-order valence-corrected chi connectivity index (χ3v) is 4.57. The summed E-state index contributed by atoms with van der Waals surface area (Å²) in [6.45, 7) is 3.65. The molecule has 0 saturated carbocycles. The maximum Gasteiger partial charge on any atom is 0.324 e. The quantitative estimate of drug-likeness (QED) is 0.833. The van der Waals surface area contributed by atoms with Crippen molar-refractivity contribution in [2.75, 3.05) is 44.7 Å². The van der Waals surface area contributed by atoms with Crippen LogP contribution in [0.5, 0.6) is 0 Å². The van der Waals surface area contributed by atoms with Crippen LogP contribution in [0, 0.1) is 0 Å². The van der Waals surface area contributed by atoms with Crippen LogP contribution in [0.2, 0.25) is 0 Å². The van der Waals surface area contributed by atoms with E-state index in [0.717, 1.165) is 42.6 Å². The van der Waals surface area contributed by atoms with E-state index in [2.05, 4.69) is 26.9 Å². The first-order chi connectivity index (χ1) is 11.7. The molecule has 3 rings (SSSR count). The summed E-state index contributed by atoms with van der Waals surface area (Å²) in [6.07, 6.45) is 2.70. The second-order valence-electron chi connectivity index (χ2n) is 6.02. The van der Waals surface area contributed by atoms with E-state index in [1.165, 1.54) is 7.11 Å². The summed E-state index contributed by atoms with van der Waals surface area (Å²) in [7, 11) is 1.44. The number of esters is 1. The van der Waals surface area contributed by atoms with E-state index in [1.54, 1.807) is 0 Å². The highest BCUT2D eigenvalue weighted by Gasteiger charge is 2.33. The lowest BCUT2D eigenvalue weighted by atomic mass is 10.1. The molecule has 0 radical (unpaired) electrons. The predicted octanol–water partition coefficient (Wildman–Crippen LogP) is 1.25. The first-order valence-electron chi connectivity index (χ1n) is 8.35. The molecule has 0 bridgehead atoms. The summed E-state index contributed by atoms with van der Waals surface area (Å²) in [4.78, 5) is 21.2. The zero-order chi connectivity index (χ0) is 16.9. The van der Waals surface area contributed by atoms with Crippen LogP contribution in [0.3, 0.4) is 0 Å². The lowest BCUT2D eigenvalue weighted by Crippen LogP contribution is -2.57. The molecule has 1 aliphatic heterocycles. The molecule has 2 aromatic rings. The van der Waals surface area contributed by atoms with Crippen LogP contribution in [0.15, 0.2) is 36.5 Å². The summed E-state index contributed by atoms with van der Waals surface area (Å²) in [5, 5.41) is 2.27. The third-order valence-electron chi connectivity index (χ3n) is 4.57. The monoisotopic (exact) mass is 328 g/mol. The Labute approximate surface area is 142 Å². The van der Waals surface area contributed by atoms with Crippen molar-refractivity contribution in [2.24, 2.45) is 5.73 Å². The van der Waals surface area contributed by atoms with Crippen LogP contribution in [0.1, 0.15) is 6.42 Å². The number of carbonyl (C=O) groups is 1. The number of piperazine rings is 1. The highest BCUT2D eigenvalue weighted by atomic mass is 16.5. The molecule has 2 heterocycles. The van der Waals surface area contributed by atoms with Crippen molar-refractivity contribution in [3.05, 3.63) is 36.5 Å². The van der Waals surface area contributed by atoms with Crippen LogP contribution in [-0.4, -0.2) is 61.7 Å². The topological polar surface area (TPSA) is 71.7 Å². The molecule has 0 spiro atoms. The maximum atomic E-state index is 12.2. The van der Waals surface area contributed by atoms with E-state index < -0.39 is 0 Å². The molecule has 0 aliphatic carbocycles. The van der Waals surface area contributed by atoms with E-state index in [9.17, 15) is 4.79 Å². The van der Waals surface area contributed by atoms with Crippen LogP contribution < -0.4 is 10.6 Å². The molecule has 6 heteroatoms. The first kappa shape index (κ1) is 16.7. The highest BCUT2D eigenvalue weighted by molar-refractivity contribution is 5.92. The number of hydrogen-bond donors (Lipinski definition) is 1. The lowest BCUT2D eigenvalue weighted by molar-refractivity contribution is -0.147. The molecule has 24 heavy (non-hydrogen) atoms. The van der Waals surface area contributed by atoms with Gasteiger partial charge in [0.25, 0.3) is 0 Å². The Bertz CT molecular complexity index is 701. The van der Waals surface area contributed by atoms with E-state index in [4.69, 9.17) is 10.5 Å². The Morgan fingerprint density at radius 1 is 1.33 bits per heavy atom. The van der Waals surface area contributed by atoms with Gasteiger partial charge in [-0.1, -0.05) is 24.3 Å². The van der Waals surface area contributed by atoms with Gasteiger partial charge in [0.15, 0.2) is 0 Å². The fourth-order valence-corrected chi connectivity index (χ4v) is 3.29. The highest BCUT2D eigenvalue weighted by Crippen LogP contribution is 2.26. The zero-order valence-corrected chi connectivity index (χ0v) is 14.0. The number of fused-ring (bicyclic) bond motifs is 1. The molecule has 6 nitrogen and oxygen atoms in total. The number of nitrogens with two attached hydrogens (primary N) is 1. The molecule has 1 unspecified atom stereocenters. The van der Waals surface area contributed by atoms with Crippen molar-refractivity contribution < 1.29 is 9.53 Å². The van der Waals surface area contributed by atoms with Crippen molar-refractivity contribution in [3.63, 3.8) is 0 Å². The molecule has 1 atom stereocenters. The molecule has 1 aromatic heterocycles. The Balaban J connectivity index is 1.86. The van der Waals surface area contributed by atoms with Crippen LogP contribution in [0.25, 0.3) is 10.8 Å². The van der Waals surface area contributed by atoms with Crippen LogP contribution in [-0.2, 0) is 9.53 Å². The van der Waals surface area contributed by atoms with Crippen molar-refractivity contribution in [2.45, 2.75) is 12.5 Å². The number of benzene rings is 1. The van der Waals surface area contributed by atoms with Gasteiger partial charge in [-0.2, -0.15) is 0 Å². The van der Waals surface area contributed by atoms with Crippen molar-refractivity contribution >= 4 is 22.6 Å². The lowest BCUT2D eigenvalue weighted by Gasteiger charge is -2.40. The number of carbonyl (C=O) groups excluding carboxylic acids is 1. The van der Waals surface area contributed by atoms with Gasteiger partial charge in [0.1, 0.15) is 11.9 Å². The second-order valence-corrected chi connectivity index (χ2v) is 6.02. The molecule has 1 saturated heterocycles. The van der Waals surface area contributed by atoms with Gasteiger partial charge in [-0.05, 0) is 24.4 Å². The number of nitrogens with zero attached hydrogens (tertiary/aromatic N) is 3. The van der Waals surface area contributed by atoms with Crippen LogP contribution >= 0.6 is 0 Å². The maximum absolute atomic E-state index is 12.2. The molecule has 128 valence electrons. The fourth-order valence-electron chi connectivity index (χ4n) is 3.29. The predicted molar refractivity (Wildman–Crippen MR) is 95.0 cm³/mol. The second kappa shape index (κ2) is 7.59. The number of rotatable bonds is 5. The largest absolute Gasteiger partial charge is 0.468 e. The average molecular weight is 328 g/mol. The van der Waals surface area contributed by atoms with Crippen molar-refractivity contribution in [1.82, 2.24) is 9.88 Å².